The molecule has 0 aromatic heterocycles. The van der Waals surface area contributed by atoms with E-state index in [-0.39, 0.29) is 0 Å². The van der Waals surface area contributed by atoms with Crippen LogP contribution in [0.5, 0.6) is 0 Å². The lowest BCUT2D eigenvalue weighted by Gasteiger charge is -2.26. The molecule has 1 nitrogen and oxygen atoms in total. The highest BCUT2D eigenvalue weighted by Crippen LogP contribution is 2.23. The van der Waals surface area contributed by atoms with Gasteiger partial charge in [0.25, 0.3) is 0 Å². The molecule has 1 atom stereocenters. The lowest BCUT2D eigenvalue weighted by atomic mass is 10.1. The van der Waals surface area contributed by atoms with Gasteiger partial charge in [-0.1, -0.05) is 57.6 Å². The highest BCUT2D eigenvalue weighted by molar-refractivity contribution is 6.71. The van der Waals surface area contributed by atoms with Gasteiger partial charge in [-0.2, -0.15) is 0 Å². The molecule has 0 N–H and O–H groups in total. The van der Waals surface area contributed by atoms with Crippen LogP contribution in [0.3, 0.4) is 0 Å². The zero-order valence-corrected chi connectivity index (χ0v) is 13.0. The summed E-state index contributed by atoms with van der Waals surface area (Å²) >= 11 is 0. The van der Waals surface area contributed by atoms with E-state index in [1.807, 2.05) is 0 Å². The summed E-state index contributed by atoms with van der Waals surface area (Å²) in [6.07, 6.45) is 15.9. The van der Waals surface area contributed by atoms with Crippen molar-refractivity contribution in [2.24, 2.45) is 0 Å². The van der Waals surface area contributed by atoms with E-state index >= 15 is 0 Å². The van der Waals surface area contributed by atoms with E-state index in [0.29, 0.717) is 6.10 Å². The second-order valence-corrected chi connectivity index (χ2v) is 10.1. The molecule has 0 fully saturated rings. The molecule has 0 aromatic rings. The smallest absolute Gasteiger partial charge is 0.190 e. The molecule has 2 heteroatoms. The molecular weight excluding hydrogens is 224 g/mol. The first-order valence-electron chi connectivity index (χ1n) is 7.47. The van der Waals surface area contributed by atoms with Crippen LogP contribution < -0.4 is 0 Å². The van der Waals surface area contributed by atoms with Crippen LogP contribution in [0.1, 0.15) is 58.3 Å². The summed E-state index contributed by atoms with van der Waals surface area (Å²) < 4.78 is 6.30. The van der Waals surface area contributed by atoms with Crippen molar-refractivity contribution >= 4 is 8.32 Å². The molecule has 0 saturated carbocycles. The summed E-state index contributed by atoms with van der Waals surface area (Å²) in [5, 5.41) is 0. The summed E-state index contributed by atoms with van der Waals surface area (Å²) in [6, 6.07) is 1.19. The first-order chi connectivity index (χ1) is 8.14. The van der Waals surface area contributed by atoms with Gasteiger partial charge in [-0.3, -0.25) is 0 Å². The number of hydrogen-bond donors (Lipinski definition) is 0. The van der Waals surface area contributed by atoms with Crippen LogP contribution in [0.15, 0.2) is 12.2 Å². The van der Waals surface area contributed by atoms with Gasteiger partial charge in [0, 0.05) is 6.10 Å². The maximum atomic E-state index is 6.30. The van der Waals surface area contributed by atoms with E-state index in [0.717, 1.165) is 6.42 Å². The Labute approximate surface area is 109 Å². The zero-order valence-electron chi connectivity index (χ0n) is 12.0. The van der Waals surface area contributed by atoms with Crippen LogP contribution in [0.2, 0.25) is 19.1 Å². The predicted molar refractivity (Wildman–Crippen MR) is 78.9 cm³/mol. The minimum absolute atomic E-state index is 0.515. The van der Waals surface area contributed by atoms with Crippen LogP contribution in [-0.4, -0.2) is 14.4 Å². The van der Waals surface area contributed by atoms with Crippen LogP contribution in [0, 0.1) is 0 Å². The Bertz CT molecular complexity index is 223. The fraction of sp³-hybridized carbons (Fsp3) is 0.867. The normalized spacial score (nSPS) is 23.6. The monoisotopic (exact) mass is 254 g/mol. The Kier molecular flexibility index (Phi) is 7.13. The zero-order chi connectivity index (χ0) is 12.6. The third kappa shape index (κ3) is 7.05. The number of unbranched alkanes of at least 4 members (excludes halogenated alkanes) is 5. The van der Waals surface area contributed by atoms with Crippen molar-refractivity contribution in [3.05, 3.63) is 12.2 Å². The highest BCUT2D eigenvalue weighted by Gasteiger charge is 2.26. The minimum atomic E-state index is -1.37. The summed E-state index contributed by atoms with van der Waals surface area (Å²) in [6.45, 7) is 6.96. The molecule has 0 radical (unpaired) electrons. The van der Waals surface area contributed by atoms with E-state index in [2.05, 4.69) is 32.2 Å². The molecule has 1 aliphatic heterocycles. The quantitative estimate of drug-likeness (QED) is 0.341. The topological polar surface area (TPSA) is 9.23 Å². The second kappa shape index (κ2) is 8.10. The van der Waals surface area contributed by atoms with Crippen molar-refractivity contribution in [3.63, 3.8) is 0 Å². The van der Waals surface area contributed by atoms with Crippen molar-refractivity contribution in [3.8, 4) is 0 Å². The summed E-state index contributed by atoms with van der Waals surface area (Å²) in [4.78, 5) is 0. The second-order valence-electron chi connectivity index (χ2n) is 5.97. The van der Waals surface area contributed by atoms with E-state index in [4.69, 9.17) is 4.43 Å². The van der Waals surface area contributed by atoms with Crippen molar-refractivity contribution in [1.82, 2.24) is 0 Å². The predicted octanol–water partition coefficient (Wildman–Crippen LogP) is 5.29. The van der Waals surface area contributed by atoms with E-state index in [9.17, 15) is 0 Å². The van der Waals surface area contributed by atoms with Gasteiger partial charge in [-0.05, 0) is 32.0 Å². The molecule has 0 saturated heterocycles. The van der Waals surface area contributed by atoms with E-state index < -0.39 is 8.32 Å². The molecular formula is C15H30OSi. The van der Waals surface area contributed by atoms with Crippen molar-refractivity contribution in [2.45, 2.75) is 83.5 Å². The van der Waals surface area contributed by atoms with Gasteiger partial charge in [0.2, 0.25) is 0 Å². The average molecular weight is 254 g/mol. The van der Waals surface area contributed by atoms with Gasteiger partial charge in [0.05, 0.1) is 0 Å². The molecule has 0 aromatic carbocycles. The largest absolute Gasteiger partial charge is 0.414 e. The molecule has 100 valence electrons. The van der Waals surface area contributed by atoms with Crippen molar-refractivity contribution in [2.75, 3.05) is 0 Å². The Balaban J connectivity index is 2.11. The highest BCUT2D eigenvalue weighted by atomic mass is 28.4. The molecule has 0 aliphatic carbocycles. The first-order valence-corrected chi connectivity index (χ1v) is 10.6. The maximum absolute atomic E-state index is 6.30. The molecule has 1 aliphatic rings. The average Bonchev–Trinajstić information content (AvgIpc) is 2.44. The number of rotatable bonds is 7. The Hall–Kier alpha value is -0.0831. The van der Waals surface area contributed by atoms with Crippen molar-refractivity contribution < 1.29 is 4.43 Å². The van der Waals surface area contributed by atoms with Gasteiger partial charge >= 0.3 is 0 Å². The van der Waals surface area contributed by atoms with Crippen LogP contribution in [0.4, 0.5) is 0 Å². The molecule has 1 rings (SSSR count). The van der Waals surface area contributed by atoms with Crippen molar-refractivity contribution in [1.29, 1.82) is 0 Å². The van der Waals surface area contributed by atoms with Gasteiger partial charge < -0.3 is 4.43 Å². The number of hydrogen-bond acceptors (Lipinski definition) is 1. The molecule has 0 spiro atoms. The van der Waals surface area contributed by atoms with Gasteiger partial charge in [-0.15, -0.1) is 0 Å². The fourth-order valence-electron chi connectivity index (χ4n) is 2.49. The third-order valence-corrected chi connectivity index (χ3v) is 5.73. The molecule has 1 heterocycles. The van der Waals surface area contributed by atoms with E-state index in [1.165, 1.54) is 51.0 Å². The minimum Gasteiger partial charge on any atom is -0.414 e. The third-order valence-electron chi connectivity index (χ3n) is 3.54. The summed E-state index contributed by atoms with van der Waals surface area (Å²) in [5.41, 5.74) is 0. The Morgan fingerprint density at radius 2 is 1.76 bits per heavy atom. The SMILES string of the molecule is CCCCCCCCC1CC=CC[Si](C)(C)O1. The van der Waals surface area contributed by atoms with Crippen LogP contribution in [0.25, 0.3) is 0 Å². The Morgan fingerprint density at radius 1 is 1.06 bits per heavy atom. The Morgan fingerprint density at radius 3 is 2.53 bits per heavy atom. The van der Waals surface area contributed by atoms with Gasteiger partial charge in [-0.25, -0.2) is 0 Å². The number of allylic oxidation sites excluding steroid dienone is 1. The molecule has 17 heavy (non-hydrogen) atoms. The van der Waals surface area contributed by atoms with Gasteiger partial charge in [0.1, 0.15) is 0 Å². The van der Waals surface area contributed by atoms with Gasteiger partial charge in [0.15, 0.2) is 8.32 Å². The molecule has 0 bridgehead atoms. The summed E-state index contributed by atoms with van der Waals surface area (Å²) in [5.74, 6) is 0. The van der Waals surface area contributed by atoms with Crippen LogP contribution in [-0.2, 0) is 4.43 Å². The lowest BCUT2D eigenvalue weighted by molar-refractivity contribution is 0.183. The van der Waals surface area contributed by atoms with E-state index in [1.54, 1.807) is 0 Å². The first kappa shape index (κ1) is 15.0. The molecule has 1 unspecified atom stereocenters. The summed E-state index contributed by atoms with van der Waals surface area (Å²) in [7, 11) is -1.37. The van der Waals surface area contributed by atoms with Crippen LogP contribution >= 0.6 is 0 Å². The fourth-order valence-corrected chi connectivity index (χ4v) is 4.44. The standard InChI is InChI=1S/C15H30OSi/c1-4-5-6-7-8-9-12-15-13-10-11-14-17(2,3)16-15/h10-11,15H,4-9,12-14H2,1-3H3. The maximum Gasteiger partial charge on any atom is 0.190 e. The molecule has 0 amide bonds. The lowest BCUT2D eigenvalue weighted by Crippen LogP contribution is -2.33.